The number of halogens is 2. The van der Waals surface area contributed by atoms with Crippen LogP contribution in [0.2, 0.25) is 5.02 Å². The molecular formula is C25H17ClFNO4S. The molecule has 1 heterocycles. The normalized spacial score (nSPS) is 14.8. The highest BCUT2D eigenvalue weighted by molar-refractivity contribution is 8.18. The topological polar surface area (TPSA) is 63.7 Å². The molecule has 5 nitrogen and oxygen atoms in total. The zero-order valence-corrected chi connectivity index (χ0v) is 19.0. The molecule has 166 valence electrons. The summed E-state index contributed by atoms with van der Waals surface area (Å²) >= 11 is 6.78. The van der Waals surface area contributed by atoms with Gasteiger partial charge in [-0.3, -0.25) is 14.5 Å². The Hall–Kier alpha value is -3.42. The van der Waals surface area contributed by atoms with Crippen LogP contribution in [0.1, 0.15) is 27.0 Å². The number of hydrogen-bond acceptors (Lipinski definition) is 5. The van der Waals surface area contributed by atoms with Crippen LogP contribution in [0, 0.1) is 12.7 Å². The molecule has 0 spiro atoms. The van der Waals surface area contributed by atoms with Crippen LogP contribution >= 0.6 is 23.4 Å². The van der Waals surface area contributed by atoms with Crippen LogP contribution in [0.4, 0.5) is 9.18 Å². The molecule has 0 aliphatic carbocycles. The third-order valence-corrected chi connectivity index (χ3v) is 6.17. The smallest absolute Gasteiger partial charge is 0.343 e. The van der Waals surface area contributed by atoms with Crippen molar-refractivity contribution in [3.8, 4) is 5.75 Å². The van der Waals surface area contributed by atoms with Crippen molar-refractivity contribution in [1.29, 1.82) is 0 Å². The van der Waals surface area contributed by atoms with Gasteiger partial charge < -0.3 is 4.74 Å². The molecule has 0 aromatic heterocycles. The molecule has 33 heavy (non-hydrogen) atoms. The van der Waals surface area contributed by atoms with Crippen molar-refractivity contribution in [1.82, 2.24) is 4.90 Å². The Bertz CT molecular complexity index is 1270. The first-order chi connectivity index (χ1) is 15.8. The van der Waals surface area contributed by atoms with E-state index < -0.39 is 22.9 Å². The molecule has 1 aliphatic rings. The lowest BCUT2D eigenvalue weighted by Crippen LogP contribution is -2.28. The number of amides is 2. The maximum Gasteiger partial charge on any atom is 0.343 e. The molecule has 8 heteroatoms. The number of benzene rings is 3. The van der Waals surface area contributed by atoms with Crippen molar-refractivity contribution in [3.05, 3.63) is 105 Å². The van der Waals surface area contributed by atoms with Gasteiger partial charge >= 0.3 is 5.97 Å². The number of esters is 1. The van der Waals surface area contributed by atoms with Gasteiger partial charge in [0.1, 0.15) is 11.6 Å². The summed E-state index contributed by atoms with van der Waals surface area (Å²) in [7, 11) is 0. The fourth-order valence-corrected chi connectivity index (χ4v) is 4.21. The lowest BCUT2D eigenvalue weighted by Gasteiger charge is -2.14. The molecule has 2 amide bonds. The van der Waals surface area contributed by atoms with Gasteiger partial charge in [-0.2, -0.15) is 0 Å². The van der Waals surface area contributed by atoms with Crippen molar-refractivity contribution in [3.63, 3.8) is 0 Å². The van der Waals surface area contributed by atoms with Crippen LogP contribution < -0.4 is 4.74 Å². The number of carbonyl (C=O) groups excluding carboxylic acids is 3. The molecule has 3 aromatic rings. The van der Waals surface area contributed by atoms with Crippen LogP contribution in [0.3, 0.4) is 0 Å². The van der Waals surface area contributed by atoms with E-state index in [0.717, 1.165) is 22.2 Å². The van der Waals surface area contributed by atoms with Gasteiger partial charge in [0.15, 0.2) is 0 Å². The predicted molar refractivity (Wildman–Crippen MR) is 126 cm³/mol. The minimum absolute atomic E-state index is 0.0766. The molecule has 0 unspecified atom stereocenters. The number of thioether (sulfide) groups is 1. The average molecular weight is 482 g/mol. The molecule has 0 bridgehead atoms. The molecule has 0 atom stereocenters. The lowest BCUT2D eigenvalue weighted by atomic mass is 10.1. The van der Waals surface area contributed by atoms with Crippen LogP contribution in [0.25, 0.3) is 6.08 Å². The second kappa shape index (κ2) is 9.60. The maximum absolute atomic E-state index is 14.1. The molecule has 0 radical (unpaired) electrons. The summed E-state index contributed by atoms with van der Waals surface area (Å²) in [5.74, 6) is -1.35. The SMILES string of the molecule is Cc1ccc(C(=O)Oc2cccc(/C=C3\SC(=O)N(Cc4c(F)cccc4Cl)C3=O)c2)cc1. The molecule has 1 saturated heterocycles. The second-order valence-corrected chi connectivity index (χ2v) is 8.70. The summed E-state index contributed by atoms with van der Waals surface area (Å²) in [5, 5.41) is -0.381. The van der Waals surface area contributed by atoms with Gasteiger partial charge in [-0.25, -0.2) is 9.18 Å². The Morgan fingerprint density at radius 1 is 1.09 bits per heavy atom. The van der Waals surface area contributed by atoms with Crippen molar-refractivity contribution in [2.45, 2.75) is 13.5 Å². The number of ether oxygens (including phenoxy) is 1. The number of imide groups is 1. The Kier molecular flexibility index (Phi) is 6.62. The van der Waals surface area contributed by atoms with E-state index in [1.165, 1.54) is 24.3 Å². The summed E-state index contributed by atoms with van der Waals surface area (Å²) in [6.45, 7) is 1.66. The fourth-order valence-electron chi connectivity index (χ4n) is 3.15. The first-order valence-corrected chi connectivity index (χ1v) is 11.1. The van der Waals surface area contributed by atoms with Crippen LogP contribution in [-0.2, 0) is 11.3 Å². The first-order valence-electron chi connectivity index (χ1n) is 9.89. The summed E-state index contributed by atoms with van der Waals surface area (Å²) in [4.78, 5) is 38.7. The summed E-state index contributed by atoms with van der Waals surface area (Å²) in [5.41, 5.74) is 2.09. The Morgan fingerprint density at radius 3 is 2.55 bits per heavy atom. The largest absolute Gasteiger partial charge is 0.423 e. The van der Waals surface area contributed by atoms with Gasteiger partial charge in [-0.1, -0.05) is 47.5 Å². The monoisotopic (exact) mass is 481 g/mol. The van der Waals surface area contributed by atoms with Crippen LogP contribution in [-0.4, -0.2) is 22.0 Å². The third kappa shape index (κ3) is 5.16. The van der Waals surface area contributed by atoms with Gasteiger partial charge in [0, 0.05) is 10.6 Å². The van der Waals surface area contributed by atoms with Crippen molar-refractivity contribution >= 4 is 46.6 Å². The lowest BCUT2D eigenvalue weighted by molar-refractivity contribution is -0.123. The molecule has 1 aliphatic heterocycles. The van der Waals surface area contributed by atoms with E-state index in [4.69, 9.17) is 16.3 Å². The van der Waals surface area contributed by atoms with Crippen molar-refractivity contribution in [2.24, 2.45) is 0 Å². The van der Waals surface area contributed by atoms with E-state index in [1.54, 1.807) is 36.4 Å². The van der Waals surface area contributed by atoms with E-state index in [2.05, 4.69) is 0 Å². The number of aryl methyl sites for hydroxylation is 1. The summed E-state index contributed by atoms with van der Waals surface area (Å²) in [6.07, 6.45) is 1.52. The predicted octanol–water partition coefficient (Wildman–Crippen LogP) is 6.24. The quantitative estimate of drug-likeness (QED) is 0.245. The summed E-state index contributed by atoms with van der Waals surface area (Å²) < 4.78 is 19.5. The number of hydrogen-bond donors (Lipinski definition) is 0. The zero-order chi connectivity index (χ0) is 23.5. The molecule has 4 rings (SSSR count). The summed E-state index contributed by atoms with van der Waals surface area (Å²) in [6, 6.07) is 17.8. The highest BCUT2D eigenvalue weighted by atomic mass is 35.5. The molecule has 0 saturated carbocycles. The standard InChI is InChI=1S/C25H17ClFNO4S/c1-15-8-10-17(11-9-15)24(30)32-18-5-2-4-16(12-18)13-22-23(29)28(25(31)33-22)14-19-20(26)6-3-7-21(19)27/h2-13H,14H2,1H3/b22-13-. The van der Waals surface area contributed by atoms with Gasteiger partial charge in [0.05, 0.1) is 17.0 Å². The Labute approximate surface area is 198 Å². The van der Waals surface area contributed by atoms with Crippen molar-refractivity contribution < 1.29 is 23.5 Å². The number of nitrogens with zero attached hydrogens (tertiary/aromatic N) is 1. The number of rotatable bonds is 5. The molecule has 1 fully saturated rings. The minimum atomic E-state index is -0.589. The second-order valence-electron chi connectivity index (χ2n) is 7.30. The molecule has 3 aromatic carbocycles. The van der Waals surface area contributed by atoms with Gasteiger partial charge in [0.25, 0.3) is 11.1 Å². The third-order valence-electron chi connectivity index (χ3n) is 4.91. The van der Waals surface area contributed by atoms with Gasteiger partial charge in [0.2, 0.25) is 0 Å². The van der Waals surface area contributed by atoms with E-state index >= 15 is 0 Å². The molecule has 0 N–H and O–H groups in total. The Morgan fingerprint density at radius 2 is 1.82 bits per heavy atom. The first kappa shape index (κ1) is 22.8. The fraction of sp³-hybridized carbons (Fsp3) is 0.0800. The Balaban J connectivity index is 1.51. The highest BCUT2D eigenvalue weighted by Gasteiger charge is 2.35. The minimum Gasteiger partial charge on any atom is -0.423 e. The number of carbonyl (C=O) groups is 3. The van der Waals surface area contributed by atoms with Crippen LogP contribution in [0.5, 0.6) is 5.75 Å². The van der Waals surface area contributed by atoms with Gasteiger partial charge in [-0.15, -0.1) is 0 Å². The van der Waals surface area contributed by atoms with E-state index in [9.17, 15) is 18.8 Å². The zero-order valence-electron chi connectivity index (χ0n) is 17.4. The van der Waals surface area contributed by atoms with Crippen molar-refractivity contribution in [2.75, 3.05) is 0 Å². The maximum atomic E-state index is 14.1. The average Bonchev–Trinajstić information content (AvgIpc) is 3.04. The van der Waals surface area contributed by atoms with E-state index in [1.807, 2.05) is 19.1 Å². The van der Waals surface area contributed by atoms with E-state index in [0.29, 0.717) is 16.9 Å². The van der Waals surface area contributed by atoms with E-state index in [-0.39, 0.29) is 22.0 Å². The highest BCUT2D eigenvalue weighted by Crippen LogP contribution is 2.35. The van der Waals surface area contributed by atoms with Crippen LogP contribution in [0.15, 0.2) is 71.6 Å². The van der Waals surface area contributed by atoms with Gasteiger partial charge in [-0.05, 0) is 66.7 Å². The molecular weight excluding hydrogens is 465 g/mol.